The lowest BCUT2D eigenvalue weighted by Gasteiger charge is -2.08. The third-order valence-electron chi connectivity index (χ3n) is 4.03. The van der Waals surface area contributed by atoms with Gasteiger partial charge in [0.15, 0.2) is 6.61 Å². The normalized spacial score (nSPS) is 10.7. The molecule has 0 aliphatic rings. The van der Waals surface area contributed by atoms with Crippen LogP contribution in [-0.4, -0.2) is 26.3 Å². The van der Waals surface area contributed by atoms with Crippen molar-refractivity contribution >= 4 is 16.9 Å². The number of rotatable bonds is 7. The molecule has 0 radical (unpaired) electrons. The van der Waals surface area contributed by atoms with Crippen molar-refractivity contribution < 1.29 is 23.4 Å². The Hall–Kier alpha value is -3.12. The summed E-state index contributed by atoms with van der Waals surface area (Å²) in [6.45, 7) is 2.21. The molecule has 0 fully saturated rings. The SMILES string of the molecule is COCCc1ccc(OC(=O)COc2ccc3c(C)cc(=O)oc3c2)cc1. The number of fused-ring (bicyclic) bond motifs is 1. The summed E-state index contributed by atoms with van der Waals surface area (Å²) in [5.74, 6) is 0.346. The second-order valence-electron chi connectivity index (χ2n) is 6.06. The summed E-state index contributed by atoms with van der Waals surface area (Å²) < 4.78 is 20.9. The Morgan fingerprint density at radius 2 is 1.78 bits per heavy atom. The molecule has 0 aliphatic heterocycles. The zero-order valence-corrected chi connectivity index (χ0v) is 15.2. The monoisotopic (exact) mass is 368 g/mol. The van der Waals surface area contributed by atoms with Gasteiger partial charge in [-0.05, 0) is 48.7 Å². The number of benzene rings is 2. The van der Waals surface area contributed by atoms with Crippen LogP contribution in [0.2, 0.25) is 0 Å². The van der Waals surface area contributed by atoms with Crippen molar-refractivity contribution in [2.75, 3.05) is 20.3 Å². The van der Waals surface area contributed by atoms with E-state index >= 15 is 0 Å². The van der Waals surface area contributed by atoms with Gasteiger partial charge in [0.2, 0.25) is 0 Å². The average Bonchev–Trinajstić information content (AvgIpc) is 2.65. The predicted octanol–water partition coefficient (Wildman–Crippen LogP) is 3.27. The molecule has 0 amide bonds. The highest BCUT2D eigenvalue weighted by atomic mass is 16.6. The van der Waals surface area contributed by atoms with Gasteiger partial charge in [0.05, 0.1) is 6.61 Å². The molecule has 3 aromatic rings. The standard InChI is InChI=1S/C21H20O6/c1-14-11-20(22)27-19-12-17(7-8-18(14)19)25-13-21(23)26-16-5-3-15(4-6-16)9-10-24-2/h3-8,11-12H,9-10,13H2,1-2H3. The molecular formula is C21H20O6. The van der Waals surface area contributed by atoms with Crippen molar-refractivity contribution in [3.8, 4) is 11.5 Å². The Bertz CT molecular complexity index is 988. The molecule has 0 spiro atoms. The average molecular weight is 368 g/mol. The number of aryl methyl sites for hydroxylation is 1. The summed E-state index contributed by atoms with van der Waals surface area (Å²) in [4.78, 5) is 23.5. The maximum atomic E-state index is 12.0. The number of esters is 1. The van der Waals surface area contributed by atoms with Crippen LogP contribution >= 0.6 is 0 Å². The molecule has 6 heteroatoms. The van der Waals surface area contributed by atoms with Crippen molar-refractivity contribution in [2.45, 2.75) is 13.3 Å². The van der Waals surface area contributed by atoms with Gasteiger partial charge in [0.25, 0.3) is 0 Å². The third kappa shape index (κ3) is 4.95. The molecule has 1 aromatic heterocycles. The molecule has 0 N–H and O–H groups in total. The summed E-state index contributed by atoms with van der Waals surface area (Å²) in [5, 5.41) is 0.818. The summed E-state index contributed by atoms with van der Waals surface area (Å²) in [7, 11) is 1.65. The molecule has 2 aromatic carbocycles. The smallest absolute Gasteiger partial charge is 0.349 e. The van der Waals surface area contributed by atoms with Crippen LogP contribution in [0.3, 0.4) is 0 Å². The van der Waals surface area contributed by atoms with Gasteiger partial charge < -0.3 is 18.6 Å². The van der Waals surface area contributed by atoms with E-state index in [-0.39, 0.29) is 6.61 Å². The quantitative estimate of drug-likeness (QED) is 0.362. The Kier molecular flexibility index (Phi) is 5.88. The van der Waals surface area contributed by atoms with Crippen LogP contribution in [0.1, 0.15) is 11.1 Å². The minimum Gasteiger partial charge on any atom is -0.482 e. The van der Waals surface area contributed by atoms with Crippen LogP contribution in [-0.2, 0) is 16.0 Å². The van der Waals surface area contributed by atoms with Crippen LogP contribution in [0, 0.1) is 6.92 Å². The Morgan fingerprint density at radius 3 is 2.52 bits per heavy atom. The minimum atomic E-state index is -0.523. The zero-order chi connectivity index (χ0) is 19.2. The molecule has 6 nitrogen and oxygen atoms in total. The van der Waals surface area contributed by atoms with E-state index in [1.165, 1.54) is 6.07 Å². The van der Waals surface area contributed by atoms with Crippen molar-refractivity contribution in [1.82, 2.24) is 0 Å². The lowest BCUT2D eigenvalue weighted by atomic mass is 10.1. The lowest BCUT2D eigenvalue weighted by Crippen LogP contribution is -2.17. The first-order valence-electron chi connectivity index (χ1n) is 8.51. The molecule has 27 heavy (non-hydrogen) atoms. The zero-order valence-electron chi connectivity index (χ0n) is 15.2. The molecule has 0 bridgehead atoms. The summed E-state index contributed by atoms with van der Waals surface area (Å²) >= 11 is 0. The first-order valence-corrected chi connectivity index (χ1v) is 8.51. The molecule has 0 atom stereocenters. The third-order valence-corrected chi connectivity index (χ3v) is 4.03. The van der Waals surface area contributed by atoms with Crippen molar-refractivity contribution in [3.05, 3.63) is 70.1 Å². The number of carbonyl (C=O) groups excluding carboxylic acids is 1. The van der Waals surface area contributed by atoms with E-state index in [9.17, 15) is 9.59 Å². The van der Waals surface area contributed by atoms with E-state index in [1.54, 1.807) is 37.4 Å². The van der Waals surface area contributed by atoms with E-state index in [0.29, 0.717) is 23.7 Å². The summed E-state index contributed by atoms with van der Waals surface area (Å²) in [6.07, 6.45) is 0.797. The fraction of sp³-hybridized carbons (Fsp3) is 0.238. The maximum absolute atomic E-state index is 12.0. The number of hydrogen-bond donors (Lipinski definition) is 0. The Balaban J connectivity index is 1.59. The second kappa shape index (κ2) is 8.51. The molecule has 0 saturated heterocycles. The van der Waals surface area contributed by atoms with Crippen molar-refractivity contribution in [2.24, 2.45) is 0 Å². The van der Waals surface area contributed by atoms with Gasteiger partial charge in [-0.2, -0.15) is 0 Å². The lowest BCUT2D eigenvalue weighted by molar-refractivity contribution is -0.136. The number of hydrogen-bond acceptors (Lipinski definition) is 6. The highest BCUT2D eigenvalue weighted by Crippen LogP contribution is 2.22. The topological polar surface area (TPSA) is 75.0 Å². The molecule has 1 heterocycles. The van der Waals surface area contributed by atoms with Gasteiger partial charge in [0.1, 0.15) is 17.1 Å². The largest absolute Gasteiger partial charge is 0.482 e. The van der Waals surface area contributed by atoms with E-state index in [4.69, 9.17) is 18.6 Å². The molecule has 0 unspecified atom stereocenters. The predicted molar refractivity (Wildman–Crippen MR) is 100 cm³/mol. The van der Waals surface area contributed by atoms with Crippen molar-refractivity contribution in [1.29, 1.82) is 0 Å². The van der Waals surface area contributed by atoms with Gasteiger partial charge in [-0.3, -0.25) is 0 Å². The number of methoxy groups -OCH3 is 1. The highest BCUT2D eigenvalue weighted by molar-refractivity contribution is 5.81. The van der Waals surface area contributed by atoms with Gasteiger partial charge in [-0.1, -0.05) is 12.1 Å². The van der Waals surface area contributed by atoms with Crippen LogP contribution in [0.4, 0.5) is 0 Å². The summed E-state index contributed by atoms with van der Waals surface area (Å²) in [6, 6.07) is 13.8. The first kappa shape index (κ1) is 18.7. The second-order valence-corrected chi connectivity index (χ2v) is 6.06. The van der Waals surface area contributed by atoms with E-state index in [1.807, 2.05) is 19.1 Å². The van der Waals surface area contributed by atoms with Gasteiger partial charge in [-0.15, -0.1) is 0 Å². The van der Waals surface area contributed by atoms with Gasteiger partial charge >= 0.3 is 11.6 Å². The van der Waals surface area contributed by atoms with Crippen molar-refractivity contribution in [3.63, 3.8) is 0 Å². The van der Waals surface area contributed by atoms with Crippen LogP contribution in [0.5, 0.6) is 11.5 Å². The summed E-state index contributed by atoms with van der Waals surface area (Å²) in [5.41, 5.74) is 1.91. The Labute approximate surface area is 156 Å². The fourth-order valence-corrected chi connectivity index (χ4v) is 2.64. The molecular weight excluding hydrogens is 348 g/mol. The first-order chi connectivity index (χ1) is 13.0. The minimum absolute atomic E-state index is 0.257. The molecule has 3 rings (SSSR count). The van der Waals surface area contributed by atoms with Crippen LogP contribution in [0.15, 0.2) is 57.7 Å². The van der Waals surface area contributed by atoms with Crippen LogP contribution < -0.4 is 15.1 Å². The van der Waals surface area contributed by atoms with Crippen LogP contribution in [0.25, 0.3) is 11.0 Å². The molecule has 0 saturated carbocycles. The number of carbonyl (C=O) groups is 1. The molecule has 0 aliphatic carbocycles. The maximum Gasteiger partial charge on any atom is 0.349 e. The fourth-order valence-electron chi connectivity index (χ4n) is 2.64. The van der Waals surface area contributed by atoms with Gasteiger partial charge in [-0.25, -0.2) is 9.59 Å². The number of ether oxygens (including phenoxy) is 3. The van der Waals surface area contributed by atoms with E-state index < -0.39 is 11.6 Å². The Morgan fingerprint density at radius 1 is 1.04 bits per heavy atom. The van der Waals surface area contributed by atoms with E-state index in [2.05, 4.69) is 0 Å². The van der Waals surface area contributed by atoms with E-state index in [0.717, 1.165) is 22.9 Å². The molecule has 140 valence electrons. The van der Waals surface area contributed by atoms with Gasteiger partial charge in [0, 0.05) is 24.6 Å². The highest BCUT2D eigenvalue weighted by Gasteiger charge is 2.08.